The predicted octanol–water partition coefficient (Wildman–Crippen LogP) is 1.29. The van der Waals surface area contributed by atoms with Crippen molar-refractivity contribution in [3.63, 3.8) is 0 Å². The molecule has 1 aromatic heterocycles. The standard InChI is InChI=1S/C19H22N4O4/c1-22(17(24)12-7-8-15-16(9-12)21-18(25)20-15)10-14-11-23(19(26)27-14)13-5-3-2-4-6-13/h2-6,12,14H,7-11H2,1H3,(H2,20,21,25). The maximum absolute atomic E-state index is 12.8. The number of aryl methyl sites for hydroxylation is 1. The monoisotopic (exact) mass is 370 g/mol. The fraction of sp³-hybridized carbons (Fsp3) is 0.421. The van der Waals surface area contributed by atoms with Crippen LogP contribution in [0.4, 0.5) is 10.5 Å². The number of nitrogens with zero attached hydrogens (tertiary/aromatic N) is 2. The van der Waals surface area contributed by atoms with Crippen LogP contribution in [-0.4, -0.2) is 53.1 Å². The van der Waals surface area contributed by atoms with E-state index in [4.69, 9.17) is 4.74 Å². The van der Waals surface area contributed by atoms with E-state index in [-0.39, 0.29) is 29.7 Å². The van der Waals surface area contributed by atoms with Crippen molar-refractivity contribution in [2.75, 3.05) is 25.0 Å². The van der Waals surface area contributed by atoms with Crippen LogP contribution in [-0.2, 0) is 22.4 Å². The maximum Gasteiger partial charge on any atom is 0.414 e. The Balaban J connectivity index is 1.37. The number of aromatic nitrogens is 2. The fourth-order valence-corrected chi connectivity index (χ4v) is 3.86. The Morgan fingerprint density at radius 1 is 1.22 bits per heavy atom. The van der Waals surface area contributed by atoms with Crippen LogP contribution in [0.15, 0.2) is 35.1 Å². The Bertz CT molecular complexity index is 904. The number of likely N-dealkylation sites (N-methyl/N-ethyl adjacent to an activating group) is 1. The lowest BCUT2D eigenvalue weighted by Crippen LogP contribution is -2.41. The van der Waals surface area contributed by atoms with Crippen molar-refractivity contribution in [1.29, 1.82) is 0 Å². The summed E-state index contributed by atoms with van der Waals surface area (Å²) in [4.78, 5) is 45.1. The Labute approximate surface area is 156 Å². The molecule has 2 aromatic rings. The largest absolute Gasteiger partial charge is 0.442 e. The van der Waals surface area contributed by atoms with Gasteiger partial charge in [0.2, 0.25) is 5.91 Å². The third-order valence-corrected chi connectivity index (χ3v) is 5.23. The van der Waals surface area contributed by atoms with Gasteiger partial charge in [0.1, 0.15) is 6.10 Å². The van der Waals surface area contributed by atoms with Crippen LogP contribution >= 0.6 is 0 Å². The third kappa shape index (κ3) is 3.47. The molecule has 0 radical (unpaired) electrons. The van der Waals surface area contributed by atoms with Crippen molar-refractivity contribution in [3.05, 3.63) is 52.2 Å². The van der Waals surface area contributed by atoms with E-state index in [2.05, 4.69) is 9.97 Å². The third-order valence-electron chi connectivity index (χ3n) is 5.23. The van der Waals surface area contributed by atoms with Gasteiger partial charge in [0.15, 0.2) is 0 Å². The second-order valence-corrected chi connectivity index (χ2v) is 7.15. The number of anilines is 1. The number of para-hydroxylation sites is 1. The number of benzene rings is 1. The molecule has 1 saturated heterocycles. The van der Waals surface area contributed by atoms with E-state index in [1.807, 2.05) is 30.3 Å². The van der Waals surface area contributed by atoms with Crippen LogP contribution in [0.2, 0.25) is 0 Å². The Kier molecular flexibility index (Phi) is 4.47. The van der Waals surface area contributed by atoms with E-state index < -0.39 is 0 Å². The number of aromatic amines is 2. The molecule has 27 heavy (non-hydrogen) atoms. The molecule has 8 nitrogen and oxygen atoms in total. The molecule has 2 atom stereocenters. The summed E-state index contributed by atoms with van der Waals surface area (Å²) in [7, 11) is 1.73. The number of carbonyl (C=O) groups excluding carboxylic acids is 2. The predicted molar refractivity (Wildman–Crippen MR) is 98.6 cm³/mol. The second-order valence-electron chi connectivity index (χ2n) is 7.15. The van der Waals surface area contributed by atoms with E-state index in [1.165, 1.54) is 0 Å². The van der Waals surface area contributed by atoms with Gasteiger partial charge in [0.05, 0.1) is 13.1 Å². The summed E-state index contributed by atoms with van der Waals surface area (Å²) in [5.74, 6) is -0.159. The van der Waals surface area contributed by atoms with Crippen molar-refractivity contribution in [2.45, 2.75) is 25.4 Å². The number of H-pyrrole nitrogens is 2. The number of imidazole rings is 1. The molecular formula is C19H22N4O4. The quantitative estimate of drug-likeness (QED) is 0.847. The van der Waals surface area contributed by atoms with Crippen LogP contribution in [0.1, 0.15) is 17.8 Å². The molecule has 2 amide bonds. The molecule has 2 heterocycles. The number of rotatable bonds is 4. The van der Waals surface area contributed by atoms with Crippen LogP contribution in [0.3, 0.4) is 0 Å². The van der Waals surface area contributed by atoms with E-state index in [0.717, 1.165) is 17.1 Å². The number of hydrogen-bond donors (Lipinski definition) is 2. The average molecular weight is 370 g/mol. The van der Waals surface area contributed by atoms with Gasteiger partial charge in [0.25, 0.3) is 0 Å². The Morgan fingerprint density at radius 3 is 2.74 bits per heavy atom. The number of fused-ring (bicyclic) bond motifs is 1. The zero-order valence-electron chi connectivity index (χ0n) is 15.1. The molecule has 2 N–H and O–H groups in total. The van der Waals surface area contributed by atoms with Crippen LogP contribution in [0, 0.1) is 5.92 Å². The van der Waals surface area contributed by atoms with Gasteiger partial charge in [-0.15, -0.1) is 0 Å². The maximum atomic E-state index is 12.8. The number of ether oxygens (including phenoxy) is 1. The minimum atomic E-state index is -0.390. The molecule has 2 unspecified atom stereocenters. The first-order chi connectivity index (χ1) is 13.0. The van der Waals surface area contributed by atoms with Gasteiger partial charge >= 0.3 is 11.8 Å². The minimum absolute atomic E-state index is 0.0110. The molecule has 4 rings (SSSR count). The van der Waals surface area contributed by atoms with Crippen LogP contribution in [0.5, 0.6) is 0 Å². The van der Waals surface area contributed by atoms with Gasteiger partial charge in [-0.1, -0.05) is 18.2 Å². The highest BCUT2D eigenvalue weighted by Gasteiger charge is 2.35. The van der Waals surface area contributed by atoms with Crippen LogP contribution < -0.4 is 10.6 Å². The number of carbonyl (C=O) groups is 2. The van der Waals surface area contributed by atoms with E-state index in [0.29, 0.717) is 32.4 Å². The normalized spacial score (nSPS) is 21.7. The first-order valence-electron chi connectivity index (χ1n) is 9.09. The summed E-state index contributed by atoms with van der Waals surface area (Å²) < 4.78 is 5.44. The number of cyclic esters (lactones) is 1. The first-order valence-corrected chi connectivity index (χ1v) is 9.09. The van der Waals surface area contributed by atoms with Gasteiger partial charge < -0.3 is 19.6 Å². The minimum Gasteiger partial charge on any atom is -0.442 e. The van der Waals surface area contributed by atoms with E-state index >= 15 is 0 Å². The van der Waals surface area contributed by atoms with Crippen molar-refractivity contribution < 1.29 is 14.3 Å². The summed E-state index contributed by atoms with van der Waals surface area (Å²) in [6, 6.07) is 9.34. The topological polar surface area (TPSA) is 98.5 Å². The SMILES string of the molecule is CN(CC1CN(c2ccccc2)C(=O)O1)C(=O)C1CCc2[nH]c(=O)[nH]c2C1. The molecule has 0 spiro atoms. The van der Waals surface area contributed by atoms with Crippen molar-refractivity contribution >= 4 is 17.7 Å². The molecule has 1 aliphatic carbocycles. The van der Waals surface area contributed by atoms with Gasteiger partial charge in [0, 0.05) is 36.5 Å². The molecule has 1 aromatic carbocycles. The van der Waals surface area contributed by atoms with Gasteiger partial charge in [-0.25, -0.2) is 9.59 Å². The summed E-state index contributed by atoms with van der Waals surface area (Å²) in [6.45, 7) is 0.765. The first kappa shape index (κ1) is 17.4. The molecule has 8 heteroatoms. The fourth-order valence-electron chi connectivity index (χ4n) is 3.86. The Hall–Kier alpha value is -3.03. The van der Waals surface area contributed by atoms with Crippen molar-refractivity contribution in [3.8, 4) is 0 Å². The number of nitrogens with one attached hydrogen (secondary N) is 2. The van der Waals surface area contributed by atoms with Gasteiger partial charge in [-0.2, -0.15) is 0 Å². The smallest absolute Gasteiger partial charge is 0.414 e. The molecule has 1 fully saturated rings. The summed E-state index contributed by atoms with van der Waals surface area (Å²) in [5, 5.41) is 0. The average Bonchev–Trinajstić information content (AvgIpc) is 3.22. The van der Waals surface area contributed by atoms with E-state index in [9.17, 15) is 14.4 Å². The van der Waals surface area contributed by atoms with Crippen LogP contribution in [0.25, 0.3) is 0 Å². The Morgan fingerprint density at radius 2 is 1.96 bits per heavy atom. The van der Waals surface area contributed by atoms with Crippen molar-refractivity contribution in [1.82, 2.24) is 14.9 Å². The van der Waals surface area contributed by atoms with Crippen molar-refractivity contribution in [2.24, 2.45) is 5.92 Å². The summed E-state index contributed by atoms with van der Waals surface area (Å²) in [5.41, 5.74) is 2.28. The zero-order chi connectivity index (χ0) is 19.0. The second kappa shape index (κ2) is 6.94. The highest BCUT2D eigenvalue weighted by atomic mass is 16.6. The van der Waals surface area contributed by atoms with Gasteiger partial charge in [-0.3, -0.25) is 9.69 Å². The van der Waals surface area contributed by atoms with Gasteiger partial charge in [-0.05, 0) is 25.0 Å². The number of amides is 2. The zero-order valence-corrected chi connectivity index (χ0v) is 15.1. The number of hydrogen-bond acceptors (Lipinski definition) is 4. The molecule has 1 aliphatic heterocycles. The molecular weight excluding hydrogens is 348 g/mol. The molecule has 0 saturated carbocycles. The summed E-state index contributed by atoms with van der Waals surface area (Å²) in [6.07, 6.45) is 1.15. The van der Waals surface area contributed by atoms with E-state index in [1.54, 1.807) is 16.8 Å². The highest BCUT2D eigenvalue weighted by Crippen LogP contribution is 2.25. The lowest BCUT2D eigenvalue weighted by Gasteiger charge is -2.27. The lowest BCUT2D eigenvalue weighted by atomic mass is 9.89. The highest BCUT2D eigenvalue weighted by molar-refractivity contribution is 5.89. The summed E-state index contributed by atoms with van der Waals surface area (Å²) >= 11 is 0. The molecule has 0 bridgehead atoms. The molecule has 2 aliphatic rings. The lowest BCUT2D eigenvalue weighted by molar-refractivity contribution is -0.135. The molecule has 142 valence electrons.